The predicted octanol–water partition coefficient (Wildman–Crippen LogP) is 2.91. The Hall–Kier alpha value is -1.94. The summed E-state index contributed by atoms with van der Waals surface area (Å²) in [4.78, 5) is 3.78. The highest BCUT2D eigenvalue weighted by Crippen LogP contribution is 2.25. The van der Waals surface area contributed by atoms with E-state index in [0.717, 1.165) is 28.6 Å². The molecule has 3 nitrogen and oxygen atoms in total. The average molecular weight is 261 g/mol. The van der Waals surface area contributed by atoms with Gasteiger partial charge in [0.25, 0.3) is 0 Å². The van der Waals surface area contributed by atoms with E-state index < -0.39 is 0 Å². The summed E-state index contributed by atoms with van der Waals surface area (Å²) in [7, 11) is 0. The van der Waals surface area contributed by atoms with E-state index in [4.69, 9.17) is 9.84 Å². The Morgan fingerprint density at radius 2 is 1.79 bits per heavy atom. The minimum atomic E-state index is -0.370. The fraction of sp³-hybridized carbons (Fsp3) is 0.267. The molecule has 0 aliphatic heterocycles. The third-order valence-electron chi connectivity index (χ3n) is 2.85. The highest BCUT2D eigenvalue weighted by atomic mass is 19.1. The lowest BCUT2D eigenvalue weighted by atomic mass is 10.1. The third-order valence-corrected chi connectivity index (χ3v) is 2.85. The van der Waals surface area contributed by atoms with Crippen LogP contribution < -0.4 is 4.74 Å². The highest BCUT2D eigenvalue weighted by molar-refractivity contribution is 5.43. The number of hydrogen-bond donors (Lipinski definition) is 1. The molecule has 0 saturated heterocycles. The second-order valence-electron chi connectivity index (χ2n) is 4.52. The molecule has 1 aromatic heterocycles. The van der Waals surface area contributed by atoms with Crippen LogP contribution in [0.25, 0.3) is 0 Å². The number of benzene rings is 1. The van der Waals surface area contributed by atoms with E-state index in [1.54, 1.807) is 6.20 Å². The van der Waals surface area contributed by atoms with Gasteiger partial charge in [-0.05, 0) is 36.6 Å². The van der Waals surface area contributed by atoms with E-state index in [1.165, 1.54) is 6.07 Å². The molecular formula is C15H16FNO2. The first kappa shape index (κ1) is 13.5. The third kappa shape index (κ3) is 3.29. The van der Waals surface area contributed by atoms with Crippen molar-refractivity contribution in [3.63, 3.8) is 0 Å². The Morgan fingerprint density at radius 3 is 2.37 bits per heavy atom. The van der Waals surface area contributed by atoms with Crippen molar-refractivity contribution in [3.8, 4) is 5.75 Å². The molecule has 100 valence electrons. The van der Waals surface area contributed by atoms with Gasteiger partial charge in [-0.25, -0.2) is 4.39 Å². The maximum atomic E-state index is 13.0. The predicted molar refractivity (Wildman–Crippen MR) is 70.4 cm³/mol. The number of aryl methyl sites for hydroxylation is 2. The van der Waals surface area contributed by atoms with Crippen molar-refractivity contribution >= 4 is 0 Å². The van der Waals surface area contributed by atoms with Crippen LogP contribution >= 0.6 is 0 Å². The van der Waals surface area contributed by atoms with Crippen LogP contribution in [-0.4, -0.2) is 10.1 Å². The molecule has 0 bridgehead atoms. The molecule has 1 N–H and O–H groups in total. The molecule has 2 rings (SSSR count). The molecule has 0 unspecified atom stereocenters. The molecule has 0 radical (unpaired) electrons. The van der Waals surface area contributed by atoms with E-state index >= 15 is 0 Å². The minimum absolute atomic E-state index is 0.00970. The van der Waals surface area contributed by atoms with Crippen molar-refractivity contribution in [3.05, 3.63) is 58.7 Å². The summed E-state index contributed by atoms with van der Waals surface area (Å²) in [6.45, 7) is 4.12. The highest BCUT2D eigenvalue weighted by Gasteiger charge is 2.07. The van der Waals surface area contributed by atoms with Crippen LogP contribution in [0.2, 0.25) is 0 Å². The number of halogens is 1. The average Bonchev–Trinajstić information content (AvgIpc) is 2.37. The Morgan fingerprint density at radius 1 is 1.11 bits per heavy atom. The van der Waals surface area contributed by atoms with Gasteiger partial charge >= 0.3 is 0 Å². The number of ether oxygens (including phenoxy) is 1. The minimum Gasteiger partial charge on any atom is -0.488 e. The van der Waals surface area contributed by atoms with E-state index in [9.17, 15) is 4.39 Å². The zero-order valence-corrected chi connectivity index (χ0v) is 11.0. The summed E-state index contributed by atoms with van der Waals surface area (Å²) >= 11 is 0. The van der Waals surface area contributed by atoms with Gasteiger partial charge in [0.1, 0.15) is 18.2 Å². The lowest BCUT2D eigenvalue weighted by Gasteiger charge is -2.13. The van der Waals surface area contributed by atoms with Gasteiger partial charge in [-0.3, -0.25) is 4.98 Å². The van der Waals surface area contributed by atoms with Crippen LogP contribution in [0.15, 0.2) is 30.6 Å². The SMILES string of the molecule is Cc1cc(CO)cc(C)c1OCc1cncc(F)c1. The second kappa shape index (κ2) is 5.80. The summed E-state index contributed by atoms with van der Waals surface area (Å²) in [5, 5.41) is 9.13. The maximum Gasteiger partial charge on any atom is 0.141 e. The zero-order chi connectivity index (χ0) is 13.8. The summed E-state index contributed by atoms with van der Waals surface area (Å²) < 4.78 is 18.7. The quantitative estimate of drug-likeness (QED) is 0.920. The van der Waals surface area contributed by atoms with Gasteiger partial charge in [0.15, 0.2) is 0 Å². The molecule has 0 amide bonds. The Labute approximate surface area is 111 Å². The molecule has 0 spiro atoms. The van der Waals surface area contributed by atoms with Crippen LogP contribution in [0.4, 0.5) is 4.39 Å². The largest absolute Gasteiger partial charge is 0.488 e. The first-order valence-electron chi connectivity index (χ1n) is 6.03. The van der Waals surface area contributed by atoms with Crippen molar-refractivity contribution in [2.45, 2.75) is 27.1 Å². The van der Waals surface area contributed by atoms with E-state index in [2.05, 4.69) is 4.98 Å². The Balaban J connectivity index is 2.16. The molecule has 0 atom stereocenters. The molecule has 0 fully saturated rings. The molecule has 2 aromatic rings. The van der Waals surface area contributed by atoms with Crippen molar-refractivity contribution in [2.24, 2.45) is 0 Å². The number of rotatable bonds is 4. The first-order chi connectivity index (χ1) is 9.10. The standard InChI is InChI=1S/C15H16FNO2/c1-10-3-12(8-18)4-11(2)15(10)19-9-13-5-14(16)7-17-6-13/h3-7,18H,8-9H2,1-2H3. The van der Waals surface area contributed by atoms with Crippen LogP contribution in [0.3, 0.4) is 0 Å². The first-order valence-corrected chi connectivity index (χ1v) is 6.03. The topological polar surface area (TPSA) is 42.4 Å². The molecule has 0 aliphatic carbocycles. The van der Waals surface area contributed by atoms with E-state index in [1.807, 2.05) is 26.0 Å². The number of hydrogen-bond acceptors (Lipinski definition) is 3. The van der Waals surface area contributed by atoms with E-state index in [0.29, 0.717) is 5.56 Å². The van der Waals surface area contributed by atoms with Gasteiger partial charge in [0.05, 0.1) is 12.8 Å². The van der Waals surface area contributed by atoms with Gasteiger partial charge in [0, 0.05) is 11.8 Å². The Kier molecular flexibility index (Phi) is 4.12. The monoisotopic (exact) mass is 261 g/mol. The van der Waals surface area contributed by atoms with Gasteiger partial charge in [-0.2, -0.15) is 0 Å². The molecule has 1 aromatic carbocycles. The smallest absolute Gasteiger partial charge is 0.141 e. The maximum absolute atomic E-state index is 13.0. The molecule has 4 heteroatoms. The molecule has 19 heavy (non-hydrogen) atoms. The summed E-state index contributed by atoms with van der Waals surface area (Å²) in [5.74, 6) is 0.395. The molecule has 1 heterocycles. The van der Waals surface area contributed by atoms with Crippen LogP contribution in [0.1, 0.15) is 22.3 Å². The van der Waals surface area contributed by atoms with Crippen LogP contribution in [0.5, 0.6) is 5.75 Å². The number of aliphatic hydroxyl groups excluding tert-OH is 1. The van der Waals surface area contributed by atoms with Gasteiger partial charge < -0.3 is 9.84 Å². The summed E-state index contributed by atoms with van der Waals surface area (Å²) in [5.41, 5.74) is 3.45. The van der Waals surface area contributed by atoms with Crippen molar-refractivity contribution in [1.29, 1.82) is 0 Å². The molecular weight excluding hydrogens is 245 g/mol. The van der Waals surface area contributed by atoms with Crippen LogP contribution in [-0.2, 0) is 13.2 Å². The van der Waals surface area contributed by atoms with Crippen molar-refractivity contribution < 1.29 is 14.2 Å². The number of aliphatic hydroxyl groups is 1. The zero-order valence-electron chi connectivity index (χ0n) is 11.0. The summed E-state index contributed by atoms with van der Waals surface area (Å²) in [6.07, 6.45) is 2.74. The Bertz CT molecular complexity index is 561. The van der Waals surface area contributed by atoms with Crippen molar-refractivity contribution in [1.82, 2.24) is 4.98 Å². The normalized spacial score (nSPS) is 10.5. The second-order valence-corrected chi connectivity index (χ2v) is 4.52. The number of nitrogens with zero attached hydrogens (tertiary/aromatic N) is 1. The van der Waals surface area contributed by atoms with Gasteiger partial charge in [0.2, 0.25) is 0 Å². The van der Waals surface area contributed by atoms with Crippen LogP contribution in [0, 0.1) is 19.7 Å². The van der Waals surface area contributed by atoms with Gasteiger partial charge in [-0.15, -0.1) is 0 Å². The van der Waals surface area contributed by atoms with E-state index in [-0.39, 0.29) is 19.0 Å². The molecule has 0 aliphatic rings. The fourth-order valence-corrected chi connectivity index (χ4v) is 2.05. The number of aromatic nitrogens is 1. The lowest BCUT2D eigenvalue weighted by Crippen LogP contribution is -2.01. The van der Waals surface area contributed by atoms with Crippen molar-refractivity contribution in [2.75, 3.05) is 0 Å². The summed E-state index contributed by atoms with van der Waals surface area (Å²) in [6, 6.07) is 5.16. The lowest BCUT2D eigenvalue weighted by molar-refractivity contribution is 0.280. The number of pyridine rings is 1. The fourth-order valence-electron chi connectivity index (χ4n) is 2.05. The molecule has 0 saturated carbocycles. The van der Waals surface area contributed by atoms with Gasteiger partial charge in [-0.1, -0.05) is 12.1 Å².